The van der Waals surface area contributed by atoms with Gasteiger partial charge in [0.15, 0.2) is 0 Å². The summed E-state index contributed by atoms with van der Waals surface area (Å²) in [5.41, 5.74) is 3.96. The maximum atomic E-state index is 11.4. The SMILES string of the molecule is CS(=O)(=O)Oc1cccc2c1COCOC2c1cscn1. The Bertz CT molecular complexity index is 727. The van der Waals surface area contributed by atoms with E-state index in [0.29, 0.717) is 5.56 Å². The van der Waals surface area contributed by atoms with Crippen molar-refractivity contribution in [3.05, 3.63) is 45.9 Å². The van der Waals surface area contributed by atoms with Gasteiger partial charge in [-0.3, -0.25) is 0 Å². The van der Waals surface area contributed by atoms with Crippen LogP contribution in [0.2, 0.25) is 0 Å². The molecule has 0 bridgehead atoms. The fourth-order valence-electron chi connectivity index (χ4n) is 2.17. The van der Waals surface area contributed by atoms with E-state index in [1.165, 1.54) is 11.3 Å². The lowest BCUT2D eigenvalue weighted by molar-refractivity contribution is -0.0758. The molecule has 2 heterocycles. The molecule has 0 aliphatic carbocycles. The van der Waals surface area contributed by atoms with Crippen LogP contribution in [0.4, 0.5) is 0 Å². The first-order valence-corrected chi connectivity index (χ1v) is 8.89. The molecule has 3 rings (SSSR count). The molecular formula is C13H13NO5S2. The van der Waals surface area contributed by atoms with Crippen LogP contribution < -0.4 is 4.18 Å². The van der Waals surface area contributed by atoms with Crippen molar-refractivity contribution < 1.29 is 22.1 Å². The van der Waals surface area contributed by atoms with Gasteiger partial charge in [-0.1, -0.05) is 12.1 Å². The fourth-order valence-corrected chi connectivity index (χ4v) is 3.22. The van der Waals surface area contributed by atoms with Crippen molar-refractivity contribution in [3.8, 4) is 5.75 Å². The molecule has 0 N–H and O–H groups in total. The highest BCUT2D eigenvalue weighted by atomic mass is 32.2. The highest BCUT2D eigenvalue weighted by Gasteiger charge is 2.26. The van der Waals surface area contributed by atoms with Crippen molar-refractivity contribution in [2.75, 3.05) is 13.0 Å². The van der Waals surface area contributed by atoms with Gasteiger partial charge in [0, 0.05) is 10.9 Å². The zero-order valence-electron chi connectivity index (χ0n) is 11.2. The fraction of sp³-hybridized carbons (Fsp3) is 0.308. The van der Waals surface area contributed by atoms with Crippen LogP contribution in [0.5, 0.6) is 5.75 Å². The van der Waals surface area contributed by atoms with E-state index < -0.39 is 16.2 Å². The number of fused-ring (bicyclic) bond motifs is 1. The zero-order chi connectivity index (χ0) is 14.9. The van der Waals surface area contributed by atoms with Gasteiger partial charge in [-0.2, -0.15) is 8.42 Å². The quantitative estimate of drug-likeness (QED) is 0.804. The second kappa shape index (κ2) is 5.72. The molecule has 0 saturated carbocycles. The Labute approximate surface area is 126 Å². The van der Waals surface area contributed by atoms with Gasteiger partial charge in [-0.25, -0.2) is 4.98 Å². The Morgan fingerprint density at radius 3 is 3.00 bits per heavy atom. The Balaban J connectivity index is 2.08. The van der Waals surface area contributed by atoms with Crippen LogP contribution in [0.1, 0.15) is 22.9 Å². The van der Waals surface area contributed by atoms with Crippen LogP contribution in [0.3, 0.4) is 0 Å². The molecule has 6 nitrogen and oxygen atoms in total. The van der Waals surface area contributed by atoms with E-state index in [1.54, 1.807) is 17.6 Å². The van der Waals surface area contributed by atoms with Gasteiger partial charge in [0.25, 0.3) is 0 Å². The van der Waals surface area contributed by atoms with Crippen molar-refractivity contribution in [2.24, 2.45) is 0 Å². The molecule has 0 fully saturated rings. The molecule has 8 heteroatoms. The molecule has 1 aromatic heterocycles. The minimum atomic E-state index is -3.60. The predicted molar refractivity (Wildman–Crippen MR) is 76.6 cm³/mol. The summed E-state index contributed by atoms with van der Waals surface area (Å²) in [4.78, 5) is 4.26. The molecule has 1 aliphatic heterocycles. The molecular weight excluding hydrogens is 314 g/mol. The maximum Gasteiger partial charge on any atom is 0.306 e. The molecule has 2 aromatic rings. The molecule has 0 radical (unpaired) electrons. The third kappa shape index (κ3) is 3.24. The van der Waals surface area contributed by atoms with E-state index in [9.17, 15) is 8.42 Å². The molecule has 1 atom stereocenters. The molecule has 112 valence electrons. The van der Waals surface area contributed by atoms with Crippen molar-refractivity contribution in [2.45, 2.75) is 12.7 Å². The first-order valence-electron chi connectivity index (χ1n) is 6.13. The lowest BCUT2D eigenvalue weighted by Gasteiger charge is -2.16. The van der Waals surface area contributed by atoms with E-state index in [4.69, 9.17) is 13.7 Å². The standard InChI is InChI=1S/C13H13NO5S2/c1-21(15,16)19-12-4-2-3-9-10(12)5-17-8-18-13(9)11-6-20-7-14-11/h2-4,6-7,13H,5,8H2,1H3. The van der Waals surface area contributed by atoms with Crippen LogP contribution in [-0.2, 0) is 26.2 Å². The number of nitrogens with zero attached hydrogens (tertiary/aromatic N) is 1. The summed E-state index contributed by atoms with van der Waals surface area (Å²) < 4.78 is 38.9. The second-order valence-electron chi connectivity index (χ2n) is 4.54. The summed E-state index contributed by atoms with van der Waals surface area (Å²) in [6.07, 6.45) is 0.620. The lowest BCUT2D eigenvalue weighted by atomic mass is 10.0. The lowest BCUT2D eigenvalue weighted by Crippen LogP contribution is -2.10. The first-order chi connectivity index (χ1) is 10.0. The van der Waals surface area contributed by atoms with Gasteiger partial charge in [0.2, 0.25) is 0 Å². The second-order valence-corrected chi connectivity index (χ2v) is 6.83. The van der Waals surface area contributed by atoms with E-state index in [0.717, 1.165) is 17.5 Å². The minimum Gasteiger partial charge on any atom is -0.382 e. The predicted octanol–water partition coefficient (Wildman–Crippen LogP) is 2.08. The average molecular weight is 327 g/mol. The number of hydrogen-bond acceptors (Lipinski definition) is 7. The number of benzene rings is 1. The van der Waals surface area contributed by atoms with Crippen LogP contribution in [0, 0.1) is 0 Å². The number of rotatable bonds is 3. The number of ether oxygens (including phenoxy) is 2. The van der Waals surface area contributed by atoms with Crippen LogP contribution in [-0.4, -0.2) is 26.5 Å². The Morgan fingerprint density at radius 2 is 2.29 bits per heavy atom. The average Bonchev–Trinajstić information content (AvgIpc) is 2.84. The normalized spacial score (nSPS) is 18.8. The van der Waals surface area contributed by atoms with Gasteiger partial charge in [0.1, 0.15) is 18.6 Å². The highest BCUT2D eigenvalue weighted by molar-refractivity contribution is 7.86. The molecule has 21 heavy (non-hydrogen) atoms. The van der Waals surface area contributed by atoms with Crippen LogP contribution in [0.25, 0.3) is 0 Å². The topological polar surface area (TPSA) is 74.7 Å². The molecule has 1 aromatic carbocycles. The third-order valence-corrected chi connectivity index (χ3v) is 4.06. The van der Waals surface area contributed by atoms with Crippen LogP contribution >= 0.6 is 11.3 Å². The molecule has 0 saturated heterocycles. The summed E-state index contributed by atoms with van der Waals surface area (Å²) in [6, 6.07) is 5.20. The van der Waals surface area contributed by atoms with Crippen LogP contribution in [0.15, 0.2) is 29.1 Å². The third-order valence-electron chi connectivity index (χ3n) is 2.98. The van der Waals surface area contributed by atoms with E-state index >= 15 is 0 Å². The number of hydrogen-bond donors (Lipinski definition) is 0. The van der Waals surface area contributed by atoms with Gasteiger partial charge >= 0.3 is 10.1 Å². The van der Waals surface area contributed by atoms with Crippen molar-refractivity contribution in [1.82, 2.24) is 4.98 Å². The summed E-state index contributed by atoms with van der Waals surface area (Å²) in [7, 11) is -3.60. The van der Waals surface area contributed by atoms with E-state index in [2.05, 4.69) is 4.98 Å². The van der Waals surface area contributed by atoms with Gasteiger partial charge in [-0.05, 0) is 11.6 Å². The monoisotopic (exact) mass is 327 g/mol. The minimum absolute atomic E-state index is 0.106. The number of aromatic nitrogens is 1. The number of thiazole rings is 1. The van der Waals surface area contributed by atoms with Gasteiger partial charge in [-0.15, -0.1) is 11.3 Å². The molecule has 1 aliphatic rings. The van der Waals surface area contributed by atoms with Gasteiger partial charge < -0.3 is 13.7 Å². The molecule has 0 amide bonds. The van der Waals surface area contributed by atoms with E-state index in [1.807, 2.05) is 11.4 Å². The Morgan fingerprint density at radius 1 is 1.43 bits per heavy atom. The zero-order valence-corrected chi connectivity index (χ0v) is 12.8. The largest absolute Gasteiger partial charge is 0.382 e. The molecule has 0 spiro atoms. The van der Waals surface area contributed by atoms with E-state index in [-0.39, 0.29) is 19.1 Å². The maximum absolute atomic E-state index is 11.4. The Hall–Kier alpha value is -1.48. The summed E-state index contributed by atoms with van der Waals surface area (Å²) >= 11 is 1.47. The first kappa shape index (κ1) is 14.5. The molecule has 1 unspecified atom stereocenters. The van der Waals surface area contributed by atoms with Crippen molar-refractivity contribution >= 4 is 21.5 Å². The highest BCUT2D eigenvalue weighted by Crippen LogP contribution is 2.36. The van der Waals surface area contributed by atoms with Crippen molar-refractivity contribution in [3.63, 3.8) is 0 Å². The Kier molecular flexibility index (Phi) is 3.94. The smallest absolute Gasteiger partial charge is 0.306 e. The summed E-state index contributed by atoms with van der Waals surface area (Å²) in [5, 5.41) is 1.89. The summed E-state index contributed by atoms with van der Waals surface area (Å²) in [6.45, 7) is 0.330. The van der Waals surface area contributed by atoms with Crippen molar-refractivity contribution in [1.29, 1.82) is 0 Å². The van der Waals surface area contributed by atoms with Gasteiger partial charge in [0.05, 0.1) is 24.1 Å². The summed E-state index contributed by atoms with van der Waals surface area (Å²) in [5.74, 6) is 0.265.